The summed E-state index contributed by atoms with van der Waals surface area (Å²) in [6.07, 6.45) is 0.587. The molecule has 0 saturated heterocycles. The summed E-state index contributed by atoms with van der Waals surface area (Å²) in [6, 6.07) is 5.17. The molecule has 1 atom stereocenters. The molecule has 0 bridgehead atoms. The first-order valence-electron chi connectivity index (χ1n) is 4.35. The Morgan fingerprint density at radius 2 is 2.23 bits per heavy atom. The Labute approximate surface area is 77.0 Å². The van der Waals surface area contributed by atoms with Crippen molar-refractivity contribution in [3.05, 3.63) is 23.8 Å². The number of benzene rings is 1. The highest BCUT2D eigenvalue weighted by atomic mass is 16.3. The van der Waals surface area contributed by atoms with Crippen LogP contribution in [0.25, 0.3) is 0 Å². The minimum absolute atomic E-state index is 0.248. The molecule has 3 heteroatoms. The van der Waals surface area contributed by atoms with Gasteiger partial charge < -0.3 is 15.5 Å². The molecule has 0 fully saturated rings. The van der Waals surface area contributed by atoms with Crippen LogP contribution in [0.2, 0.25) is 0 Å². The van der Waals surface area contributed by atoms with Crippen molar-refractivity contribution < 1.29 is 10.2 Å². The minimum Gasteiger partial charge on any atom is -0.508 e. The van der Waals surface area contributed by atoms with Gasteiger partial charge >= 0.3 is 0 Å². The van der Waals surface area contributed by atoms with E-state index in [-0.39, 0.29) is 5.75 Å². The predicted molar refractivity (Wildman–Crippen MR) is 50.9 cm³/mol. The third kappa shape index (κ3) is 1.60. The quantitative estimate of drug-likeness (QED) is 0.523. The van der Waals surface area contributed by atoms with Crippen LogP contribution in [-0.2, 0) is 6.42 Å². The lowest BCUT2D eigenvalue weighted by atomic mass is 9.91. The van der Waals surface area contributed by atoms with Crippen molar-refractivity contribution in [1.82, 2.24) is 0 Å². The van der Waals surface area contributed by atoms with E-state index >= 15 is 0 Å². The van der Waals surface area contributed by atoms with Crippen molar-refractivity contribution in [3.8, 4) is 5.75 Å². The van der Waals surface area contributed by atoms with Crippen LogP contribution in [0.15, 0.2) is 18.2 Å². The van der Waals surface area contributed by atoms with E-state index in [4.69, 9.17) is 0 Å². The molecule has 0 spiro atoms. The average Bonchev–Trinajstić information content (AvgIpc) is 2.01. The Morgan fingerprint density at radius 1 is 1.46 bits per heavy atom. The Morgan fingerprint density at radius 3 is 3.00 bits per heavy atom. The van der Waals surface area contributed by atoms with Gasteiger partial charge in [0.2, 0.25) is 0 Å². The van der Waals surface area contributed by atoms with Crippen LogP contribution in [-0.4, -0.2) is 22.4 Å². The number of hydrogen-bond donors (Lipinski definition) is 3. The molecular formula is C10H13NO2. The molecule has 1 aromatic rings. The predicted octanol–water partition coefficient (Wildman–Crippen LogP) is 1.11. The molecule has 13 heavy (non-hydrogen) atoms. The second-order valence-electron chi connectivity index (χ2n) is 3.87. The molecule has 70 valence electrons. The van der Waals surface area contributed by atoms with Gasteiger partial charge in [0.25, 0.3) is 0 Å². The number of rotatable bonds is 0. The van der Waals surface area contributed by atoms with Crippen LogP contribution < -0.4 is 5.32 Å². The summed E-state index contributed by atoms with van der Waals surface area (Å²) in [6.45, 7) is 2.35. The van der Waals surface area contributed by atoms with Gasteiger partial charge in [-0.3, -0.25) is 0 Å². The first kappa shape index (κ1) is 8.38. The number of nitrogens with one attached hydrogen (secondary N) is 1. The lowest BCUT2D eigenvalue weighted by Gasteiger charge is -2.31. The fourth-order valence-corrected chi connectivity index (χ4v) is 1.66. The second kappa shape index (κ2) is 2.64. The molecule has 0 saturated carbocycles. The van der Waals surface area contributed by atoms with Crippen molar-refractivity contribution in [2.24, 2.45) is 0 Å². The van der Waals surface area contributed by atoms with E-state index in [1.165, 1.54) is 0 Å². The summed E-state index contributed by atoms with van der Waals surface area (Å²) in [7, 11) is 0. The Kier molecular flexibility index (Phi) is 1.70. The molecule has 0 amide bonds. The van der Waals surface area contributed by atoms with Gasteiger partial charge in [-0.25, -0.2) is 0 Å². The van der Waals surface area contributed by atoms with Crippen molar-refractivity contribution in [2.75, 3.05) is 11.9 Å². The number of hydrogen-bond acceptors (Lipinski definition) is 3. The first-order valence-corrected chi connectivity index (χ1v) is 4.35. The Bertz CT molecular complexity index is 334. The SMILES string of the molecule is CC1(O)CNc2ccc(O)cc2C1. The fourth-order valence-electron chi connectivity index (χ4n) is 1.66. The van der Waals surface area contributed by atoms with Crippen LogP contribution in [0.5, 0.6) is 5.75 Å². The van der Waals surface area contributed by atoms with Gasteiger partial charge in [0, 0.05) is 18.7 Å². The zero-order valence-electron chi connectivity index (χ0n) is 7.54. The van der Waals surface area contributed by atoms with E-state index in [0.717, 1.165) is 11.3 Å². The van der Waals surface area contributed by atoms with Crippen molar-refractivity contribution in [3.63, 3.8) is 0 Å². The lowest BCUT2D eigenvalue weighted by molar-refractivity contribution is 0.0710. The van der Waals surface area contributed by atoms with E-state index in [1.807, 2.05) is 6.07 Å². The number of fused-ring (bicyclic) bond motifs is 1. The maximum Gasteiger partial charge on any atom is 0.116 e. The number of aromatic hydroxyl groups is 1. The van der Waals surface area contributed by atoms with Crippen LogP contribution >= 0.6 is 0 Å². The van der Waals surface area contributed by atoms with Gasteiger partial charge in [-0.2, -0.15) is 0 Å². The molecule has 3 nitrogen and oxygen atoms in total. The van der Waals surface area contributed by atoms with E-state index in [0.29, 0.717) is 13.0 Å². The lowest BCUT2D eigenvalue weighted by Crippen LogP contribution is -2.39. The molecule has 0 aliphatic carbocycles. The summed E-state index contributed by atoms with van der Waals surface area (Å²) in [4.78, 5) is 0. The Hall–Kier alpha value is -1.22. The van der Waals surface area contributed by atoms with E-state index in [2.05, 4.69) is 5.32 Å². The summed E-state index contributed by atoms with van der Waals surface area (Å²) in [5.41, 5.74) is 1.27. The highest BCUT2D eigenvalue weighted by molar-refractivity contribution is 5.56. The number of phenols is 1. The smallest absolute Gasteiger partial charge is 0.116 e. The molecule has 1 unspecified atom stereocenters. The van der Waals surface area contributed by atoms with Crippen LogP contribution in [0.3, 0.4) is 0 Å². The van der Waals surface area contributed by atoms with Crippen LogP contribution in [0.1, 0.15) is 12.5 Å². The van der Waals surface area contributed by atoms with Crippen molar-refractivity contribution in [2.45, 2.75) is 18.9 Å². The standard InChI is InChI=1S/C10H13NO2/c1-10(13)5-7-4-8(12)2-3-9(7)11-6-10/h2-4,11-13H,5-6H2,1H3. The fraction of sp³-hybridized carbons (Fsp3) is 0.400. The third-order valence-electron chi connectivity index (χ3n) is 2.32. The van der Waals surface area contributed by atoms with Crippen molar-refractivity contribution >= 4 is 5.69 Å². The largest absolute Gasteiger partial charge is 0.508 e. The average molecular weight is 179 g/mol. The number of aliphatic hydroxyl groups is 1. The zero-order valence-corrected chi connectivity index (χ0v) is 7.54. The van der Waals surface area contributed by atoms with E-state index in [9.17, 15) is 10.2 Å². The highest BCUT2D eigenvalue weighted by Gasteiger charge is 2.26. The maximum absolute atomic E-state index is 9.77. The normalized spacial score (nSPS) is 26.3. The third-order valence-corrected chi connectivity index (χ3v) is 2.32. The van der Waals surface area contributed by atoms with Gasteiger partial charge in [0.05, 0.1) is 5.60 Å². The summed E-state index contributed by atoms with van der Waals surface area (Å²) < 4.78 is 0. The summed E-state index contributed by atoms with van der Waals surface area (Å²) in [5, 5.41) is 22.1. The monoisotopic (exact) mass is 179 g/mol. The highest BCUT2D eigenvalue weighted by Crippen LogP contribution is 2.29. The first-order chi connectivity index (χ1) is 6.07. The molecule has 1 aromatic carbocycles. The van der Waals surface area contributed by atoms with Gasteiger partial charge in [0.15, 0.2) is 0 Å². The van der Waals surface area contributed by atoms with E-state index < -0.39 is 5.60 Å². The molecule has 1 heterocycles. The maximum atomic E-state index is 9.77. The number of β-amino-alcohol motifs (C(OH)–C–C–N with tert-alkyl or cyclic N) is 1. The Balaban J connectivity index is 2.38. The van der Waals surface area contributed by atoms with Crippen molar-refractivity contribution in [1.29, 1.82) is 0 Å². The summed E-state index contributed by atoms with van der Waals surface area (Å²) >= 11 is 0. The molecule has 3 N–H and O–H groups in total. The summed E-state index contributed by atoms with van der Waals surface area (Å²) in [5.74, 6) is 0.248. The molecule has 1 aliphatic heterocycles. The van der Waals surface area contributed by atoms with Gasteiger partial charge in [0.1, 0.15) is 5.75 Å². The van der Waals surface area contributed by atoms with Gasteiger partial charge in [-0.1, -0.05) is 0 Å². The molecule has 0 aromatic heterocycles. The molecular weight excluding hydrogens is 166 g/mol. The van der Waals surface area contributed by atoms with E-state index in [1.54, 1.807) is 19.1 Å². The van der Waals surface area contributed by atoms with Crippen LogP contribution in [0, 0.1) is 0 Å². The molecule has 2 rings (SSSR count). The molecule has 1 aliphatic rings. The molecule has 0 radical (unpaired) electrons. The second-order valence-corrected chi connectivity index (χ2v) is 3.87. The van der Waals surface area contributed by atoms with Gasteiger partial charge in [-0.05, 0) is 30.7 Å². The number of phenolic OH excluding ortho intramolecular Hbond substituents is 1. The van der Waals surface area contributed by atoms with Gasteiger partial charge in [-0.15, -0.1) is 0 Å². The minimum atomic E-state index is -0.708. The topological polar surface area (TPSA) is 52.5 Å². The zero-order chi connectivity index (χ0) is 9.47. The number of anilines is 1. The van der Waals surface area contributed by atoms with Crippen LogP contribution in [0.4, 0.5) is 5.69 Å².